The highest BCUT2D eigenvalue weighted by Crippen LogP contribution is 2.25. The lowest BCUT2D eigenvalue weighted by molar-refractivity contribution is 0.301. The lowest BCUT2D eigenvalue weighted by Gasteiger charge is -2.07. The van der Waals surface area contributed by atoms with Gasteiger partial charge in [0.15, 0.2) is 11.6 Å². The van der Waals surface area contributed by atoms with Gasteiger partial charge in [-0.05, 0) is 29.7 Å². The first-order valence-electron chi connectivity index (χ1n) is 5.79. The first-order valence-corrected chi connectivity index (χ1v) is 5.79. The second-order valence-electron chi connectivity index (χ2n) is 3.86. The second kappa shape index (κ2) is 5.48. The van der Waals surface area contributed by atoms with Crippen LogP contribution in [-0.4, -0.2) is 6.61 Å². The van der Waals surface area contributed by atoms with E-state index in [1.165, 1.54) is 6.07 Å². The molecule has 0 atom stereocenters. The van der Waals surface area contributed by atoms with Gasteiger partial charge in [-0.25, -0.2) is 4.39 Å². The van der Waals surface area contributed by atoms with Gasteiger partial charge in [0.1, 0.15) is 0 Å². The molecule has 0 spiro atoms. The maximum absolute atomic E-state index is 13.7. The minimum absolute atomic E-state index is 0.306. The summed E-state index contributed by atoms with van der Waals surface area (Å²) in [5.41, 5.74) is 1.88. The summed E-state index contributed by atoms with van der Waals surface area (Å²) in [6.45, 7) is 2.54. The summed E-state index contributed by atoms with van der Waals surface area (Å²) in [5.74, 6) is 0.0198. The topological polar surface area (TPSA) is 9.23 Å². The molecule has 2 aromatic carbocycles. The fourth-order valence-electron chi connectivity index (χ4n) is 1.64. The third kappa shape index (κ3) is 2.84. The summed E-state index contributed by atoms with van der Waals surface area (Å²) in [6, 6.07) is 14.8. The molecule has 0 aliphatic rings. The van der Waals surface area contributed by atoms with Crippen molar-refractivity contribution in [1.82, 2.24) is 0 Å². The monoisotopic (exact) mass is 230 g/mol. The van der Waals surface area contributed by atoms with Crippen molar-refractivity contribution in [3.63, 3.8) is 0 Å². The first-order chi connectivity index (χ1) is 8.31. The Morgan fingerprint density at radius 1 is 1.00 bits per heavy atom. The van der Waals surface area contributed by atoms with Gasteiger partial charge in [-0.15, -0.1) is 0 Å². The molecule has 0 aromatic heterocycles. The number of halogens is 1. The molecule has 0 unspecified atom stereocenters. The van der Waals surface area contributed by atoms with E-state index < -0.39 is 0 Å². The van der Waals surface area contributed by atoms with Crippen molar-refractivity contribution in [2.24, 2.45) is 0 Å². The molecule has 2 heteroatoms. The van der Waals surface area contributed by atoms with Gasteiger partial charge in [-0.2, -0.15) is 0 Å². The molecular formula is C15H15FO. The van der Waals surface area contributed by atoms with Crippen molar-refractivity contribution >= 4 is 0 Å². The van der Waals surface area contributed by atoms with E-state index in [0.717, 1.165) is 17.5 Å². The van der Waals surface area contributed by atoms with E-state index in [0.29, 0.717) is 12.4 Å². The predicted octanol–water partition coefficient (Wildman–Crippen LogP) is 4.28. The average molecular weight is 230 g/mol. The Morgan fingerprint density at radius 3 is 2.41 bits per heavy atom. The van der Waals surface area contributed by atoms with Crippen molar-refractivity contribution in [3.05, 3.63) is 54.3 Å². The molecular weight excluding hydrogens is 215 g/mol. The summed E-state index contributed by atoms with van der Waals surface area (Å²) in [5, 5.41) is 0. The van der Waals surface area contributed by atoms with Gasteiger partial charge < -0.3 is 4.74 Å². The Morgan fingerprint density at radius 2 is 1.76 bits per heavy atom. The van der Waals surface area contributed by atoms with Crippen molar-refractivity contribution in [2.45, 2.75) is 13.3 Å². The summed E-state index contributed by atoms with van der Waals surface area (Å²) in [7, 11) is 0. The van der Waals surface area contributed by atoms with Crippen LogP contribution in [0, 0.1) is 5.82 Å². The van der Waals surface area contributed by atoms with Crippen molar-refractivity contribution < 1.29 is 9.13 Å². The molecule has 0 radical (unpaired) electrons. The zero-order valence-corrected chi connectivity index (χ0v) is 9.82. The Kier molecular flexibility index (Phi) is 3.76. The normalized spacial score (nSPS) is 10.2. The van der Waals surface area contributed by atoms with E-state index in [-0.39, 0.29) is 5.82 Å². The van der Waals surface area contributed by atoms with Crippen LogP contribution in [-0.2, 0) is 0 Å². The molecule has 17 heavy (non-hydrogen) atoms. The minimum Gasteiger partial charge on any atom is -0.491 e. The molecule has 0 bridgehead atoms. The lowest BCUT2D eigenvalue weighted by atomic mass is 10.1. The third-order valence-electron chi connectivity index (χ3n) is 2.50. The predicted molar refractivity (Wildman–Crippen MR) is 67.6 cm³/mol. The van der Waals surface area contributed by atoms with Crippen LogP contribution in [0.15, 0.2) is 48.5 Å². The summed E-state index contributed by atoms with van der Waals surface area (Å²) >= 11 is 0. The number of hydrogen-bond donors (Lipinski definition) is 0. The van der Waals surface area contributed by atoms with Gasteiger partial charge in [0, 0.05) is 0 Å². The highest BCUT2D eigenvalue weighted by atomic mass is 19.1. The molecule has 0 saturated heterocycles. The van der Waals surface area contributed by atoms with Crippen LogP contribution in [0.4, 0.5) is 4.39 Å². The maximum Gasteiger partial charge on any atom is 0.165 e. The molecule has 2 aromatic rings. The van der Waals surface area contributed by atoms with Gasteiger partial charge in [0.2, 0.25) is 0 Å². The summed E-state index contributed by atoms with van der Waals surface area (Å²) in [4.78, 5) is 0. The van der Waals surface area contributed by atoms with Crippen LogP contribution in [0.2, 0.25) is 0 Å². The van der Waals surface area contributed by atoms with Crippen molar-refractivity contribution in [3.8, 4) is 16.9 Å². The molecule has 1 nitrogen and oxygen atoms in total. The van der Waals surface area contributed by atoms with E-state index >= 15 is 0 Å². The average Bonchev–Trinajstić information content (AvgIpc) is 2.38. The van der Waals surface area contributed by atoms with Gasteiger partial charge in [0.25, 0.3) is 0 Å². The van der Waals surface area contributed by atoms with Crippen LogP contribution in [0.3, 0.4) is 0 Å². The van der Waals surface area contributed by atoms with E-state index in [1.807, 2.05) is 43.3 Å². The fourth-order valence-corrected chi connectivity index (χ4v) is 1.64. The molecule has 0 aliphatic carbocycles. The molecule has 88 valence electrons. The van der Waals surface area contributed by atoms with Crippen molar-refractivity contribution in [1.29, 1.82) is 0 Å². The molecule has 0 N–H and O–H groups in total. The highest BCUT2D eigenvalue weighted by molar-refractivity contribution is 5.64. The number of ether oxygens (including phenoxy) is 1. The number of rotatable bonds is 4. The van der Waals surface area contributed by atoms with Crippen LogP contribution in [0.25, 0.3) is 11.1 Å². The molecule has 0 heterocycles. The Balaban J connectivity index is 2.25. The van der Waals surface area contributed by atoms with E-state index in [4.69, 9.17) is 4.74 Å². The Labute approximate surface area is 101 Å². The smallest absolute Gasteiger partial charge is 0.165 e. The number of hydrogen-bond acceptors (Lipinski definition) is 1. The summed E-state index contributed by atoms with van der Waals surface area (Å²) in [6.07, 6.45) is 0.875. The van der Waals surface area contributed by atoms with E-state index in [9.17, 15) is 4.39 Å². The maximum atomic E-state index is 13.7. The standard InChI is InChI=1S/C15H15FO/c1-2-10-17-15-9-8-13(11-14(15)16)12-6-4-3-5-7-12/h3-9,11H,2,10H2,1H3. The Bertz CT molecular complexity index is 480. The van der Waals surface area contributed by atoms with Gasteiger partial charge in [-0.1, -0.05) is 43.3 Å². The molecule has 0 saturated carbocycles. The van der Waals surface area contributed by atoms with E-state index in [1.54, 1.807) is 6.07 Å². The van der Waals surface area contributed by atoms with Crippen LogP contribution < -0.4 is 4.74 Å². The second-order valence-corrected chi connectivity index (χ2v) is 3.86. The lowest BCUT2D eigenvalue weighted by Crippen LogP contribution is -1.97. The SMILES string of the molecule is CCCOc1ccc(-c2ccccc2)cc1F. The van der Waals surface area contributed by atoms with Crippen LogP contribution in [0.1, 0.15) is 13.3 Å². The summed E-state index contributed by atoms with van der Waals surface area (Å²) < 4.78 is 19.0. The zero-order valence-electron chi connectivity index (χ0n) is 9.82. The minimum atomic E-state index is -0.306. The molecule has 0 aliphatic heterocycles. The molecule has 0 amide bonds. The van der Waals surface area contributed by atoms with Gasteiger partial charge in [-0.3, -0.25) is 0 Å². The number of benzene rings is 2. The van der Waals surface area contributed by atoms with Crippen molar-refractivity contribution in [2.75, 3.05) is 6.61 Å². The van der Waals surface area contributed by atoms with Crippen LogP contribution in [0.5, 0.6) is 5.75 Å². The first kappa shape index (κ1) is 11.6. The van der Waals surface area contributed by atoms with Gasteiger partial charge in [0.05, 0.1) is 6.61 Å². The highest BCUT2D eigenvalue weighted by Gasteiger charge is 2.05. The molecule has 2 rings (SSSR count). The van der Waals surface area contributed by atoms with E-state index in [2.05, 4.69) is 0 Å². The fraction of sp³-hybridized carbons (Fsp3) is 0.200. The van der Waals surface area contributed by atoms with Gasteiger partial charge >= 0.3 is 0 Å². The third-order valence-corrected chi connectivity index (χ3v) is 2.50. The zero-order chi connectivity index (χ0) is 12.1. The quantitative estimate of drug-likeness (QED) is 0.761. The Hall–Kier alpha value is -1.83. The molecule has 0 fully saturated rings. The van der Waals surface area contributed by atoms with Crippen LogP contribution >= 0.6 is 0 Å². The largest absolute Gasteiger partial charge is 0.491 e.